The summed E-state index contributed by atoms with van der Waals surface area (Å²) in [6.07, 6.45) is 2.71. The molecule has 1 fully saturated rings. The molecular weight excluding hydrogens is 238 g/mol. The first-order chi connectivity index (χ1) is 7.94. The van der Waals surface area contributed by atoms with Crippen LogP contribution < -0.4 is 0 Å². The van der Waals surface area contributed by atoms with Crippen molar-refractivity contribution in [3.8, 4) is 0 Å². The summed E-state index contributed by atoms with van der Waals surface area (Å²) in [5.74, 6) is 0.913. The molecule has 0 amide bonds. The Hall–Kier alpha value is -0.420. The fraction of sp³-hybridized carbons (Fsp3) is 0.917. The normalized spacial score (nSPS) is 22.6. The number of piperidine rings is 1. The van der Waals surface area contributed by atoms with Crippen molar-refractivity contribution in [3.05, 3.63) is 0 Å². The molecule has 1 aliphatic heterocycles. The molecule has 0 aromatic rings. The van der Waals surface area contributed by atoms with Crippen LogP contribution in [0.25, 0.3) is 0 Å². The van der Waals surface area contributed by atoms with Crippen LogP contribution in [0.5, 0.6) is 0 Å². The van der Waals surface area contributed by atoms with Gasteiger partial charge in [0.2, 0.25) is 0 Å². The fourth-order valence-electron chi connectivity index (χ4n) is 2.24. The van der Waals surface area contributed by atoms with E-state index in [4.69, 9.17) is 0 Å². The lowest BCUT2D eigenvalue weighted by molar-refractivity contribution is -0.122. The van der Waals surface area contributed by atoms with Crippen molar-refractivity contribution >= 4 is 15.6 Å². The van der Waals surface area contributed by atoms with Crippen LogP contribution in [0.4, 0.5) is 0 Å². The molecule has 0 N–H and O–H groups in total. The quantitative estimate of drug-likeness (QED) is 0.719. The van der Waals surface area contributed by atoms with Gasteiger partial charge in [0, 0.05) is 18.2 Å². The number of rotatable bonds is 6. The number of nitrogens with zero attached hydrogens (tertiary/aromatic N) is 1. The number of carbonyl (C=O) groups excluding carboxylic acids is 1. The first kappa shape index (κ1) is 14.6. The Morgan fingerprint density at radius 3 is 2.71 bits per heavy atom. The van der Waals surface area contributed by atoms with Gasteiger partial charge in [-0.15, -0.1) is 0 Å². The van der Waals surface area contributed by atoms with Gasteiger partial charge < -0.3 is 4.90 Å². The van der Waals surface area contributed by atoms with E-state index in [2.05, 4.69) is 4.90 Å². The summed E-state index contributed by atoms with van der Waals surface area (Å²) in [7, 11) is -2.84. The summed E-state index contributed by atoms with van der Waals surface area (Å²) in [6, 6.07) is 0. The molecule has 17 heavy (non-hydrogen) atoms. The van der Waals surface area contributed by atoms with E-state index in [1.54, 1.807) is 13.8 Å². The number of sulfone groups is 1. The number of ketones is 1. The summed E-state index contributed by atoms with van der Waals surface area (Å²) in [4.78, 5) is 13.5. The van der Waals surface area contributed by atoms with Crippen LogP contribution in [0.2, 0.25) is 0 Å². The van der Waals surface area contributed by atoms with Gasteiger partial charge in [-0.2, -0.15) is 0 Å². The topological polar surface area (TPSA) is 54.5 Å². The van der Waals surface area contributed by atoms with Crippen LogP contribution in [0, 0.1) is 5.92 Å². The highest BCUT2D eigenvalue weighted by atomic mass is 32.2. The number of likely N-dealkylation sites (tertiary alicyclic amines) is 1. The van der Waals surface area contributed by atoms with Crippen molar-refractivity contribution in [2.45, 2.75) is 33.1 Å². The molecule has 0 bridgehead atoms. The molecule has 5 heteroatoms. The largest absolute Gasteiger partial charge is 0.303 e. The number of Topliss-reactive ketones (excluding diaryl/α,β-unsaturated/α-hetero) is 1. The van der Waals surface area contributed by atoms with Crippen molar-refractivity contribution < 1.29 is 13.2 Å². The second kappa shape index (κ2) is 6.50. The first-order valence-corrected chi connectivity index (χ1v) is 8.20. The molecule has 1 rings (SSSR count). The average Bonchev–Trinajstić information content (AvgIpc) is 2.29. The van der Waals surface area contributed by atoms with Crippen LogP contribution >= 0.6 is 0 Å². The average molecular weight is 261 g/mol. The summed E-state index contributed by atoms with van der Waals surface area (Å²) in [5, 5.41) is 0. The van der Waals surface area contributed by atoms with Crippen LogP contribution in [0.3, 0.4) is 0 Å². The SMILES string of the molecule is CCS(=O)(=O)CCCN1CCCC(C(C)=O)C1. The summed E-state index contributed by atoms with van der Waals surface area (Å²) in [5.41, 5.74) is 0. The van der Waals surface area contributed by atoms with Gasteiger partial charge in [-0.3, -0.25) is 4.79 Å². The minimum Gasteiger partial charge on any atom is -0.303 e. The third-order valence-corrected chi connectivity index (χ3v) is 5.24. The Balaban J connectivity index is 2.30. The fourth-order valence-corrected chi connectivity index (χ4v) is 3.10. The predicted octanol–water partition coefficient (Wildman–Crippen LogP) is 1.11. The zero-order valence-electron chi connectivity index (χ0n) is 10.8. The molecule has 0 saturated carbocycles. The lowest BCUT2D eigenvalue weighted by Gasteiger charge is -2.31. The Bertz CT molecular complexity index is 351. The van der Waals surface area contributed by atoms with Gasteiger partial charge in [-0.1, -0.05) is 6.92 Å². The monoisotopic (exact) mass is 261 g/mol. The molecule has 0 aliphatic carbocycles. The standard InChI is InChI=1S/C12H23NO3S/c1-3-17(15,16)9-5-8-13-7-4-6-12(10-13)11(2)14/h12H,3-10H2,1-2H3. The van der Waals surface area contributed by atoms with Crippen molar-refractivity contribution in [2.75, 3.05) is 31.1 Å². The molecule has 100 valence electrons. The Morgan fingerprint density at radius 2 is 2.12 bits per heavy atom. The van der Waals surface area contributed by atoms with Gasteiger partial charge >= 0.3 is 0 Å². The molecule has 1 heterocycles. The molecule has 4 nitrogen and oxygen atoms in total. The maximum Gasteiger partial charge on any atom is 0.150 e. The van der Waals surface area contributed by atoms with E-state index in [-0.39, 0.29) is 23.2 Å². The molecule has 1 aliphatic rings. The van der Waals surface area contributed by atoms with Crippen molar-refractivity contribution in [2.24, 2.45) is 5.92 Å². The smallest absolute Gasteiger partial charge is 0.150 e. The minimum absolute atomic E-state index is 0.159. The number of hydrogen-bond donors (Lipinski definition) is 0. The molecule has 0 aromatic heterocycles. The lowest BCUT2D eigenvalue weighted by Crippen LogP contribution is -2.39. The van der Waals surface area contributed by atoms with Gasteiger partial charge in [-0.05, 0) is 39.3 Å². The Kier molecular flexibility index (Phi) is 5.59. The van der Waals surface area contributed by atoms with Gasteiger partial charge in [0.25, 0.3) is 0 Å². The van der Waals surface area contributed by atoms with E-state index in [9.17, 15) is 13.2 Å². The van der Waals surface area contributed by atoms with E-state index in [0.717, 1.165) is 32.5 Å². The molecule has 0 spiro atoms. The Morgan fingerprint density at radius 1 is 1.41 bits per heavy atom. The molecular formula is C12H23NO3S. The van der Waals surface area contributed by atoms with Gasteiger partial charge in [-0.25, -0.2) is 8.42 Å². The van der Waals surface area contributed by atoms with Crippen molar-refractivity contribution in [1.29, 1.82) is 0 Å². The van der Waals surface area contributed by atoms with Crippen LogP contribution in [0.1, 0.15) is 33.1 Å². The zero-order chi connectivity index (χ0) is 12.9. The third kappa shape index (κ3) is 5.17. The van der Waals surface area contributed by atoms with Crippen LogP contribution in [-0.4, -0.2) is 50.2 Å². The Labute approximate surface area is 104 Å². The maximum atomic E-state index is 11.3. The highest BCUT2D eigenvalue weighted by molar-refractivity contribution is 7.91. The highest BCUT2D eigenvalue weighted by Gasteiger charge is 2.22. The van der Waals surface area contributed by atoms with Crippen LogP contribution in [0.15, 0.2) is 0 Å². The van der Waals surface area contributed by atoms with Gasteiger partial charge in [0.1, 0.15) is 15.6 Å². The predicted molar refractivity (Wildman–Crippen MR) is 68.8 cm³/mol. The third-order valence-electron chi connectivity index (χ3n) is 3.45. The number of carbonyl (C=O) groups is 1. The summed E-state index contributed by atoms with van der Waals surface area (Å²) < 4.78 is 22.7. The second-order valence-corrected chi connectivity index (χ2v) is 7.31. The number of hydrogen-bond acceptors (Lipinski definition) is 4. The summed E-state index contributed by atoms with van der Waals surface area (Å²) in [6.45, 7) is 5.93. The van der Waals surface area contributed by atoms with Gasteiger partial charge in [0.15, 0.2) is 0 Å². The molecule has 0 radical (unpaired) electrons. The highest BCUT2D eigenvalue weighted by Crippen LogP contribution is 2.17. The van der Waals surface area contributed by atoms with Crippen molar-refractivity contribution in [1.82, 2.24) is 4.90 Å². The van der Waals surface area contributed by atoms with Gasteiger partial charge in [0.05, 0.1) is 5.75 Å². The van der Waals surface area contributed by atoms with E-state index in [0.29, 0.717) is 6.42 Å². The summed E-state index contributed by atoms with van der Waals surface area (Å²) >= 11 is 0. The minimum atomic E-state index is -2.84. The molecule has 1 saturated heterocycles. The maximum absolute atomic E-state index is 11.3. The second-order valence-electron chi connectivity index (χ2n) is 4.84. The zero-order valence-corrected chi connectivity index (χ0v) is 11.6. The molecule has 1 unspecified atom stereocenters. The van der Waals surface area contributed by atoms with Crippen molar-refractivity contribution in [3.63, 3.8) is 0 Å². The van der Waals surface area contributed by atoms with E-state index in [1.807, 2.05) is 0 Å². The van der Waals surface area contributed by atoms with E-state index < -0.39 is 9.84 Å². The van der Waals surface area contributed by atoms with Crippen LogP contribution in [-0.2, 0) is 14.6 Å². The van der Waals surface area contributed by atoms with E-state index in [1.165, 1.54) is 0 Å². The lowest BCUT2D eigenvalue weighted by atomic mass is 9.94. The molecule has 0 aromatic carbocycles. The first-order valence-electron chi connectivity index (χ1n) is 6.38. The molecule has 1 atom stereocenters. The van der Waals surface area contributed by atoms with E-state index >= 15 is 0 Å².